The van der Waals surface area contributed by atoms with Crippen molar-refractivity contribution in [3.05, 3.63) is 69.7 Å². The van der Waals surface area contributed by atoms with E-state index in [2.05, 4.69) is 0 Å². The SMILES string of the molecule is O[C@@H]1[C@H]2OC(c3ccc(Cl)cc3)OC[C@@H]1OC(c1ccc(Cl)cc1)OC[C@H]2O. The third kappa shape index (κ3) is 4.35. The quantitative estimate of drug-likeness (QED) is 0.767. The standard InChI is InChI=1S/C20H20Cl2O6/c21-13-5-1-11(2-6-13)19-25-9-15(23)18-17(24)16(27-19)10-26-20(28-18)12-3-7-14(22)8-4-12/h1-8,15-20,23-24H,9-10H2/t15-,16+,17+,18+,19?,20?/m1/s1. The van der Waals surface area contributed by atoms with Crippen molar-refractivity contribution in [2.24, 2.45) is 0 Å². The summed E-state index contributed by atoms with van der Waals surface area (Å²) in [6.45, 7) is -0.0137. The van der Waals surface area contributed by atoms with E-state index in [1.54, 1.807) is 48.5 Å². The van der Waals surface area contributed by atoms with Gasteiger partial charge in [-0.15, -0.1) is 0 Å². The number of ether oxygens (including phenoxy) is 4. The maximum absolute atomic E-state index is 10.8. The van der Waals surface area contributed by atoms with E-state index in [0.717, 1.165) is 11.1 Å². The molecule has 4 rings (SSSR count). The molecule has 0 aromatic heterocycles. The van der Waals surface area contributed by atoms with Crippen molar-refractivity contribution in [2.75, 3.05) is 13.2 Å². The van der Waals surface area contributed by atoms with Gasteiger partial charge in [-0.05, 0) is 24.3 Å². The number of rotatable bonds is 2. The summed E-state index contributed by atoms with van der Waals surface area (Å²) < 4.78 is 23.4. The maximum atomic E-state index is 10.8. The van der Waals surface area contributed by atoms with E-state index in [4.69, 9.17) is 42.1 Å². The fraction of sp³-hybridized carbons (Fsp3) is 0.400. The van der Waals surface area contributed by atoms with Gasteiger partial charge in [-0.1, -0.05) is 47.5 Å². The van der Waals surface area contributed by atoms with Crippen LogP contribution in [0.1, 0.15) is 23.7 Å². The lowest BCUT2D eigenvalue weighted by atomic mass is 10.0. The second-order valence-corrected chi connectivity index (χ2v) is 7.64. The van der Waals surface area contributed by atoms with E-state index in [0.29, 0.717) is 10.0 Å². The van der Waals surface area contributed by atoms with Crippen LogP contribution in [0.2, 0.25) is 10.0 Å². The van der Waals surface area contributed by atoms with E-state index < -0.39 is 37.0 Å². The van der Waals surface area contributed by atoms with E-state index >= 15 is 0 Å². The minimum atomic E-state index is -1.09. The van der Waals surface area contributed by atoms with Gasteiger partial charge in [0.05, 0.1) is 13.2 Å². The lowest BCUT2D eigenvalue weighted by molar-refractivity contribution is -0.252. The zero-order valence-electron chi connectivity index (χ0n) is 14.8. The average molecular weight is 427 g/mol. The van der Waals surface area contributed by atoms with Gasteiger partial charge in [0.1, 0.15) is 24.4 Å². The molecule has 2 heterocycles. The third-order valence-corrected chi connectivity index (χ3v) is 5.29. The maximum Gasteiger partial charge on any atom is 0.184 e. The molecule has 2 aliphatic heterocycles. The van der Waals surface area contributed by atoms with Crippen LogP contribution in [-0.2, 0) is 18.9 Å². The lowest BCUT2D eigenvalue weighted by Crippen LogP contribution is -2.50. The highest BCUT2D eigenvalue weighted by Crippen LogP contribution is 2.34. The van der Waals surface area contributed by atoms with E-state index in [9.17, 15) is 10.2 Å². The summed E-state index contributed by atoms with van der Waals surface area (Å²) in [7, 11) is 0. The summed E-state index contributed by atoms with van der Waals surface area (Å²) in [4.78, 5) is 0. The molecule has 2 bridgehead atoms. The van der Waals surface area contributed by atoms with Crippen LogP contribution in [0, 0.1) is 0 Å². The molecule has 2 aromatic rings. The van der Waals surface area contributed by atoms with Gasteiger partial charge in [0.15, 0.2) is 12.6 Å². The van der Waals surface area contributed by atoms with Crippen LogP contribution >= 0.6 is 23.2 Å². The Morgan fingerprint density at radius 2 is 1.21 bits per heavy atom. The zero-order valence-corrected chi connectivity index (χ0v) is 16.3. The van der Waals surface area contributed by atoms with Gasteiger partial charge in [-0.2, -0.15) is 0 Å². The normalized spacial score (nSPS) is 33.6. The van der Waals surface area contributed by atoms with Crippen molar-refractivity contribution in [3.63, 3.8) is 0 Å². The van der Waals surface area contributed by atoms with Gasteiger partial charge < -0.3 is 29.2 Å². The van der Waals surface area contributed by atoms with Crippen LogP contribution in [0.25, 0.3) is 0 Å². The molecule has 6 nitrogen and oxygen atoms in total. The van der Waals surface area contributed by atoms with Crippen molar-refractivity contribution in [3.8, 4) is 0 Å². The number of benzene rings is 2. The van der Waals surface area contributed by atoms with E-state index in [-0.39, 0.29) is 13.2 Å². The Morgan fingerprint density at radius 3 is 1.79 bits per heavy atom. The van der Waals surface area contributed by atoms with Crippen LogP contribution < -0.4 is 0 Å². The summed E-state index contributed by atoms with van der Waals surface area (Å²) in [5.74, 6) is 0. The van der Waals surface area contributed by atoms with Gasteiger partial charge in [-0.3, -0.25) is 0 Å². The average Bonchev–Trinajstić information content (AvgIpc) is 2.87. The third-order valence-electron chi connectivity index (χ3n) is 4.79. The molecule has 8 heteroatoms. The van der Waals surface area contributed by atoms with Gasteiger partial charge in [0.25, 0.3) is 0 Å². The Kier molecular flexibility index (Phi) is 6.20. The van der Waals surface area contributed by atoms with Crippen molar-refractivity contribution >= 4 is 23.2 Å². The Hall–Kier alpha value is -1.22. The molecular weight excluding hydrogens is 407 g/mol. The molecule has 0 spiro atoms. The minimum Gasteiger partial charge on any atom is -0.388 e. The monoisotopic (exact) mass is 426 g/mol. The fourth-order valence-corrected chi connectivity index (χ4v) is 3.51. The molecule has 0 radical (unpaired) electrons. The van der Waals surface area contributed by atoms with Gasteiger partial charge >= 0.3 is 0 Å². The van der Waals surface area contributed by atoms with Crippen LogP contribution in [0.3, 0.4) is 0 Å². The van der Waals surface area contributed by atoms with E-state index in [1.807, 2.05) is 0 Å². The minimum absolute atomic E-state index is 0.0606. The van der Waals surface area contributed by atoms with Crippen molar-refractivity contribution in [1.29, 1.82) is 0 Å². The van der Waals surface area contributed by atoms with Crippen LogP contribution in [0.5, 0.6) is 0 Å². The largest absolute Gasteiger partial charge is 0.388 e. The number of hydrogen-bond donors (Lipinski definition) is 2. The number of aliphatic hydroxyl groups is 2. The van der Waals surface area contributed by atoms with Crippen LogP contribution in [-0.4, -0.2) is 47.8 Å². The smallest absolute Gasteiger partial charge is 0.184 e. The molecule has 2 unspecified atom stereocenters. The topological polar surface area (TPSA) is 77.4 Å². The Balaban J connectivity index is 1.57. The van der Waals surface area contributed by atoms with E-state index in [1.165, 1.54) is 0 Å². The highest BCUT2D eigenvalue weighted by molar-refractivity contribution is 6.30. The Labute approximate surface area is 172 Å². The second kappa shape index (κ2) is 8.65. The summed E-state index contributed by atoms with van der Waals surface area (Å²) in [5.41, 5.74) is 1.45. The molecule has 6 atom stereocenters. The first-order chi connectivity index (χ1) is 13.5. The van der Waals surface area contributed by atoms with Crippen LogP contribution in [0.15, 0.2) is 48.5 Å². The summed E-state index contributed by atoms with van der Waals surface area (Å²) in [5, 5.41) is 22.5. The summed E-state index contributed by atoms with van der Waals surface area (Å²) >= 11 is 11.9. The van der Waals surface area contributed by atoms with Gasteiger partial charge in [0.2, 0.25) is 0 Å². The zero-order chi connectivity index (χ0) is 19.7. The predicted octanol–water partition coefficient (Wildman–Crippen LogP) is 3.24. The molecule has 0 aliphatic carbocycles. The highest BCUT2D eigenvalue weighted by Gasteiger charge is 2.43. The summed E-state index contributed by atoms with van der Waals surface area (Å²) in [6, 6.07) is 14.0. The summed E-state index contributed by atoms with van der Waals surface area (Å²) in [6.07, 6.45) is -5.38. The lowest BCUT2D eigenvalue weighted by Gasteiger charge is -2.35. The molecule has 28 heavy (non-hydrogen) atoms. The fourth-order valence-electron chi connectivity index (χ4n) is 3.26. The van der Waals surface area contributed by atoms with Gasteiger partial charge in [-0.25, -0.2) is 0 Å². The molecule has 2 N–H and O–H groups in total. The predicted molar refractivity (Wildman–Crippen MR) is 102 cm³/mol. The number of fused-ring (bicyclic) bond motifs is 2. The Morgan fingerprint density at radius 1 is 0.714 bits per heavy atom. The molecule has 2 aromatic carbocycles. The number of aliphatic hydroxyl groups excluding tert-OH is 2. The van der Waals surface area contributed by atoms with Crippen molar-refractivity contribution < 1.29 is 29.2 Å². The molecule has 150 valence electrons. The molecule has 2 aliphatic rings. The molecule has 2 saturated heterocycles. The second-order valence-electron chi connectivity index (χ2n) is 6.77. The van der Waals surface area contributed by atoms with Crippen molar-refractivity contribution in [1.82, 2.24) is 0 Å². The van der Waals surface area contributed by atoms with Gasteiger partial charge in [0, 0.05) is 21.2 Å². The number of halogens is 2. The van der Waals surface area contributed by atoms with Crippen LogP contribution in [0.4, 0.5) is 0 Å². The van der Waals surface area contributed by atoms with Crippen molar-refractivity contribution in [2.45, 2.75) is 37.0 Å². The molecular formula is C20H20Cl2O6. The Bertz CT molecular complexity index is 741. The first-order valence-corrected chi connectivity index (χ1v) is 9.68. The molecule has 2 fully saturated rings. The molecule has 0 saturated carbocycles. The molecule has 0 amide bonds. The number of hydrogen-bond acceptors (Lipinski definition) is 6. The highest BCUT2D eigenvalue weighted by atomic mass is 35.5. The first kappa shape index (κ1) is 20.1. The first-order valence-electron chi connectivity index (χ1n) is 8.92.